The predicted molar refractivity (Wildman–Crippen MR) is 90.3 cm³/mol. The van der Waals surface area contributed by atoms with Gasteiger partial charge >= 0.3 is 7.69 Å². The van der Waals surface area contributed by atoms with Crippen LogP contribution in [0.1, 0.15) is 26.7 Å². The molecule has 141 valence electrons. The number of carbonyl (C=O) groups excluding carboxylic acids is 2. The van der Waals surface area contributed by atoms with Crippen LogP contribution < -0.4 is 0 Å². The first-order valence-corrected chi connectivity index (χ1v) is 8.89. The van der Waals surface area contributed by atoms with Gasteiger partial charge in [0.15, 0.2) is 0 Å². The SMILES string of the molecule is CC(CN1CCCOC1)C(=O)O[B]OC(=O)C(C)CN1CCCOC1. The second-order valence-corrected chi connectivity index (χ2v) is 6.71. The highest BCUT2D eigenvalue weighted by molar-refractivity contribution is 6.26. The Morgan fingerprint density at radius 3 is 1.72 bits per heavy atom. The third-order valence-corrected chi connectivity index (χ3v) is 4.27. The summed E-state index contributed by atoms with van der Waals surface area (Å²) in [6, 6.07) is 0. The van der Waals surface area contributed by atoms with Gasteiger partial charge in [-0.3, -0.25) is 19.4 Å². The lowest BCUT2D eigenvalue weighted by Gasteiger charge is -2.28. The van der Waals surface area contributed by atoms with Crippen molar-refractivity contribution in [1.82, 2.24) is 9.80 Å². The smallest absolute Gasteiger partial charge is 0.499 e. The molecule has 2 saturated heterocycles. The summed E-state index contributed by atoms with van der Waals surface area (Å²) in [6.45, 7) is 9.11. The molecule has 2 heterocycles. The maximum Gasteiger partial charge on any atom is 0.662 e. The topological polar surface area (TPSA) is 77.5 Å². The maximum absolute atomic E-state index is 11.9. The van der Waals surface area contributed by atoms with E-state index in [0.29, 0.717) is 26.6 Å². The van der Waals surface area contributed by atoms with Crippen LogP contribution in [0.4, 0.5) is 0 Å². The van der Waals surface area contributed by atoms with Crippen molar-refractivity contribution in [1.29, 1.82) is 0 Å². The van der Waals surface area contributed by atoms with E-state index in [9.17, 15) is 9.59 Å². The van der Waals surface area contributed by atoms with Gasteiger partial charge in [0.05, 0.1) is 25.3 Å². The molecule has 2 aliphatic rings. The van der Waals surface area contributed by atoms with Crippen LogP contribution in [-0.4, -0.2) is 82.3 Å². The number of rotatable bonds is 8. The van der Waals surface area contributed by atoms with E-state index in [2.05, 4.69) is 9.80 Å². The minimum atomic E-state index is -0.421. The summed E-state index contributed by atoms with van der Waals surface area (Å²) in [6.07, 6.45) is 1.93. The fraction of sp³-hybridized carbons (Fsp3) is 0.875. The lowest BCUT2D eigenvalue weighted by Crippen LogP contribution is -2.39. The molecule has 2 fully saturated rings. The number of hydrogen-bond acceptors (Lipinski definition) is 8. The molecule has 2 aliphatic heterocycles. The van der Waals surface area contributed by atoms with Crippen molar-refractivity contribution in [3.63, 3.8) is 0 Å². The van der Waals surface area contributed by atoms with E-state index in [4.69, 9.17) is 18.8 Å². The molecule has 0 saturated carbocycles. The number of carbonyl (C=O) groups is 2. The Hall–Kier alpha value is -1.16. The summed E-state index contributed by atoms with van der Waals surface area (Å²) in [4.78, 5) is 28.0. The van der Waals surface area contributed by atoms with Crippen LogP contribution in [0.5, 0.6) is 0 Å². The molecule has 2 unspecified atom stereocenters. The van der Waals surface area contributed by atoms with Gasteiger partial charge in [0.1, 0.15) is 0 Å². The third-order valence-electron chi connectivity index (χ3n) is 4.27. The summed E-state index contributed by atoms with van der Waals surface area (Å²) in [5, 5.41) is 0. The minimum absolute atomic E-state index is 0.320. The first kappa shape index (κ1) is 20.2. The molecule has 0 amide bonds. The van der Waals surface area contributed by atoms with Crippen LogP contribution in [0.2, 0.25) is 0 Å². The highest BCUT2D eigenvalue weighted by Crippen LogP contribution is 2.09. The summed E-state index contributed by atoms with van der Waals surface area (Å²) in [5.74, 6) is -1.48. The predicted octanol–water partition coefficient (Wildman–Crippen LogP) is 0.239. The Labute approximate surface area is 150 Å². The van der Waals surface area contributed by atoms with Gasteiger partial charge in [-0.1, -0.05) is 13.8 Å². The molecule has 2 atom stereocenters. The van der Waals surface area contributed by atoms with Crippen LogP contribution in [0.15, 0.2) is 0 Å². The fourth-order valence-electron chi connectivity index (χ4n) is 2.86. The fourth-order valence-corrected chi connectivity index (χ4v) is 2.86. The van der Waals surface area contributed by atoms with Gasteiger partial charge in [-0.2, -0.15) is 0 Å². The molecule has 0 bridgehead atoms. The number of nitrogens with zero attached hydrogens (tertiary/aromatic N) is 2. The Kier molecular flexibility index (Phi) is 8.67. The van der Waals surface area contributed by atoms with Crippen molar-refractivity contribution in [2.75, 3.05) is 52.9 Å². The highest BCUT2D eigenvalue weighted by atomic mass is 16.6. The Balaban J connectivity index is 1.59. The average molecular weight is 355 g/mol. The van der Waals surface area contributed by atoms with Gasteiger partial charge in [-0.05, 0) is 12.8 Å². The lowest BCUT2D eigenvalue weighted by molar-refractivity contribution is -0.145. The lowest BCUT2D eigenvalue weighted by atomic mass is 10.1. The summed E-state index contributed by atoms with van der Waals surface area (Å²) in [7, 11) is 0.844. The van der Waals surface area contributed by atoms with Crippen molar-refractivity contribution in [2.45, 2.75) is 26.7 Å². The molecule has 8 nitrogen and oxygen atoms in total. The quantitative estimate of drug-likeness (QED) is 0.573. The van der Waals surface area contributed by atoms with Crippen molar-refractivity contribution in [3.8, 4) is 0 Å². The van der Waals surface area contributed by atoms with E-state index >= 15 is 0 Å². The molecule has 0 aromatic rings. The van der Waals surface area contributed by atoms with Gasteiger partial charge in [0.25, 0.3) is 11.9 Å². The van der Waals surface area contributed by atoms with Crippen LogP contribution in [0, 0.1) is 11.8 Å². The van der Waals surface area contributed by atoms with E-state index in [-0.39, 0.29) is 11.8 Å². The monoisotopic (exact) mass is 355 g/mol. The molecular weight excluding hydrogens is 327 g/mol. The normalized spacial score (nSPS) is 22.0. The molecular formula is C16H28BN2O6. The molecule has 0 spiro atoms. The Morgan fingerprint density at radius 2 is 1.36 bits per heavy atom. The second-order valence-electron chi connectivity index (χ2n) is 6.71. The van der Waals surface area contributed by atoms with Crippen molar-refractivity contribution in [3.05, 3.63) is 0 Å². The minimum Gasteiger partial charge on any atom is -0.499 e. The van der Waals surface area contributed by atoms with E-state index < -0.39 is 11.9 Å². The summed E-state index contributed by atoms with van der Waals surface area (Å²) < 4.78 is 20.6. The average Bonchev–Trinajstić information content (AvgIpc) is 2.63. The summed E-state index contributed by atoms with van der Waals surface area (Å²) in [5.41, 5.74) is 0. The zero-order chi connectivity index (χ0) is 18.1. The summed E-state index contributed by atoms with van der Waals surface area (Å²) >= 11 is 0. The van der Waals surface area contributed by atoms with E-state index in [0.717, 1.165) is 46.8 Å². The molecule has 0 aliphatic carbocycles. The van der Waals surface area contributed by atoms with Crippen molar-refractivity contribution in [2.24, 2.45) is 11.8 Å². The van der Waals surface area contributed by atoms with Crippen LogP contribution >= 0.6 is 0 Å². The van der Waals surface area contributed by atoms with Gasteiger partial charge in [-0.25, -0.2) is 0 Å². The highest BCUT2D eigenvalue weighted by Gasteiger charge is 2.24. The third kappa shape index (κ3) is 7.31. The largest absolute Gasteiger partial charge is 0.662 e. The van der Waals surface area contributed by atoms with Crippen LogP contribution in [0.3, 0.4) is 0 Å². The first-order chi connectivity index (χ1) is 12.1. The zero-order valence-corrected chi connectivity index (χ0v) is 15.1. The van der Waals surface area contributed by atoms with E-state index in [1.807, 2.05) is 0 Å². The molecule has 0 aromatic heterocycles. The molecule has 25 heavy (non-hydrogen) atoms. The second kappa shape index (κ2) is 10.8. The maximum atomic E-state index is 11.9. The standard InChI is InChI=1S/C16H28BN2O6/c1-13(9-18-5-3-7-22-11-18)15(20)24-17-25-16(21)14(2)10-19-6-4-8-23-12-19/h13-14H,3-12H2,1-2H3. The molecule has 0 aromatic carbocycles. The van der Waals surface area contributed by atoms with Crippen LogP contribution in [-0.2, 0) is 28.4 Å². The Bertz CT molecular complexity index is 389. The van der Waals surface area contributed by atoms with Gasteiger partial charge < -0.3 is 18.8 Å². The van der Waals surface area contributed by atoms with E-state index in [1.54, 1.807) is 13.8 Å². The first-order valence-electron chi connectivity index (χ1n) is 8.89. The molecule has 2 rings (SSSR count). The molecule has 9 heteroatoms. The Morgan fingerprint density at radius 1 is 0.920 bits per heavy atom. The zero-order valence-electron chi connectivity index (χ0n) is 15.1. The van der Waals surface area contributed by atoms with Crippen LogP contribution in [0.25, 0.3) is 0 Å². The van der Waals surface area contributed by atoms with Gasteiger partial charge in [0.2, 0.25) is 0 Å². The van der Waals surface area contributed by atoms with Gasteiger partial charge in [0, 0.05) is 39.4 Å². The van der Waals surface area contributed by atoms with E-state index in [1.165, 1.54) is 0 Å². The molecule has 1 radical (unpaired) electrons. The number of ether oxygens (including phenoxy) is 2. The van der Waals surface area contributed by atoms with Crippen molar-refractivity contribution >= 4 is 19.6 Å². The molecule has 0 N–H and O–H groups in total. The van der Waals surface area contributed by atoms with Gasteiger partial charge in [-0.15, -0.1) is 0 Å². The van der Waals surface area contributed by atoms with Crippen molar-refractivity contribution < 1.29 is 28.4 Å². The number of hydrogen-bond donors (Lipinski definition) is 0.